The van der Waals surface area contributed by atoms with Gasteiger partial charge in [0.05, 0.1) is 5.92 Å². The van der Waals surface area contributed by atoms with E-state index in [0.29, 0.717) is 6.54 Å². The van der Waals surface area contributed by atoms with E-state index in [9.17, 15) is 4.79 Å². The van der Waals surface area contributed by atoms with Gasteiger partial charge in [-0.1, -0.05) is 67.6 Å². The first-order chi connectivity index (χ1) is 12.3. The second kappa shape index (κ2) is 12.1. The van der Waals surface area contributed by atoms with E-state index >= 15 is 0 Å². The van der Waals surface area contributed by atoms with Crippen LogP contribution in [0.2, 0.25) is 0 Å². The molecule has 0 aliphatic rings. The van der Waals surface area contributed by atoms with E-state index in [0.717, 1.165) is 5.56 Å². The van der Waals surface area contributed by atoms with Gasteiger partial charge in [0.2, 0.25) is 5.91 Å². The Morgan fingerprint density at radius 1 is 0.929 bits per heavy atom. The summed E-state index contributed by atoms with van der Waals surface area (Å²) in [5.74, 6) is -0.316. The maximum Gasteiger partial charge on any atom is 0.224 e. The summed E-state index contributed by atoms with van der Waals surface area (Å²) >= 11 is 0. The summed E-state index contributed by atoms with van der Waals surface area (Å²) in [6, 6.07) is 19.9. The first-order valence-corrected chi connectivity index (χ1v) is 9.21. The Balaban J connectivity index is 0.00000364. The number of carbonyl (C=O) groups excluding carboxylic acids is 1. The van der Waals surface area contributed by atoms with Crippen LogP contribution < -0.4 is 16.4 Å². The zero-order valence-electron chi connectivity index (χ0n) is 17.0. The molecule has 0 spiro atoms. The van der Waals surface area contributed by atoms with Crippen molar-refractivity contribution in [1.29, 1.82) is 0 Å². The van der Waals surface area contributed by atoms with Gasteiger partial charge < -0.3 is 16.4 Å². The minimum absolute atomic E-state index is 0. The lowest BCUT2D eigenvalue weighted by atomic mass is 9.94. The predicted octanol–water partition coefficient (Wildman–Crippen LogP) is 4.41. The van der Waals surface area contributed by atoms with Crippen molar-refractivity contribution in [2.75, 3.05) is 6.54 Å². The summed E-state index contributed by atoms with van der Waals surface area (Å²) in [7, 11) is 0. The van der Waals surface area contributed by atoms with Crippen LogP contribution in [0, 0.1) is 5.92 Å². The molecule has 0 aliphatic carbocycles. The maximum atomic E-state index is 12.5. The summed E-state index contributed by atoms with van der Waals surface area (Å²) < 4.78 is 0. The van der Waals surface area contributed by atoms with E-state index in [1.807, 2.05) is 55.5 Å². The summed E-state index contributed by atoms with van der Waals surface area (Å²) in [5, 5.41) is 6.63. The first kappa shape index (κ1) is 26.4. The molecule has 156 valence electrons. The molecule has 0 saturated carbocycles. The Kier molecular flexibility index (Phi) is 11.4. The second-order valence-corrected chi connectivity index (χ2v) is 7.60. The summed E-state index contributed by atoms with van der Waals surface area (Å²) in [5.41, 5.74) is 8.23. The zero-order chi connectivity index (χ0) is 19.2. The van der Waals surface area contributed by atoms with Crippen LogP contribution >= 0.6 is 24.8 Å². The molecular formula is C22H33Cl2N3O. The number of hydrogen-bond donors (Lipinski definition) is 3. The highest BCUT2D eigenvalue weighted by Gasteiger charge is 2.25. The number of nitrogens with two attached hydrogens (primary N) is 1. The molecule has 6 heteroatoms. The fourth-order valence-electron chi connectivity index (χ4n) is 3.06. The van der Waals surface area contributed by atoms with Crippen LogP contribution in [0.5, 0.6) is 0 Å². The highest BCUT2D eigenvalue weighted by Crippen LogP contribution is 2.20. The van der Waals surface area contributed by atoms with E-state index in [1.54, 1.807) is 0 Å². The van der Waals surface area contributed by atoms with Crippen molar-refractivity contribution in [3.05, 3.63) is 71.8 Å². The van der Waals surface area contributed by atoms with Gasteiger partial charge in [0.15, 0.2) is 0 Å². The Hall–Kier alpha value is -1.59. The van der Waals surface area contributed by atoms with Crippen LogP contribution in [0.15, 0.2) is 60.7 Å². The SMILES string of the molecule is CC(NC(C)(C)CNC(=O)C(C)C(N)c1ccccc1)c1ccccc1.Cl.Cl. The number of rotatable bonds is 8. The van der Waals surface area contributed by atoms with Crippen LogP contribution in [0.1, 0.15) is 50.9 Å². The molecule has 2 aromatic carbocycles. The molecular weight excluding hydrogens is 393 g/mol. The van der Waals surface area contributed by atoms with E-state index in [4.69, 9.17) is 5.73 Å². The van der Waals surface area contributed by atoms with Crippen LogP contribution in [-0.2, 0) is 4.79 Å². The molecule has 1 amide bonds. The number of amides is 1. The van der Waals surface area contributed by atoms with Gasteiger partial charge in [-0.2, -0.15) is 0 Å². The standard InChI is InChI=1S/C22H31N3O.2ClH/c1-16(20(23)19-13-9-6-10-14-19)21(26)24-15-22(3,4)25-17(2)18-11-7-5-8-12-18;;/h5-14,16-17,20,25H,15,23H2,1-4H3,(H,24,26);2*1H. The van der Waals surface area contributed by atoms with Crippen molar-refractivity contribution in [3.63, 3.8) is 0 Å². The van der Waals surface area contributed by atoms with Gasteiger partial charge in [0, 0.05) is 24.2 Å². The molecule has 4 nitrogen and oxygen atoms in total. The molecule has 2 rings (SSSR count). The lowest BCUT2D eigenvalue weighted by molar-refractivity contribution is -0.125. The molecule has 0 saturated heterocycles. The maximum absolute atomic E-state index is 12.5. The normalized spacial score (nSPS) is 14.0. The molecule has 0 fully saturated rings. The monoisotopic (exact) mass is 425 g/mol. The molecule has 4 N–H and O–H groups in total. The number of halogens is 2. The van der Waals surface area contributed by atoms with Crippen molar-refractivity contribution in [1.82, 2.24) is 10.6 Å². The van der Waals surface area contributed by atoms with E-state index < -0.39 is 0 Å². The Morgan fingerprint density at radius 2 is 1.39 bits per heavy atom. The largest absolute Gasteiger partial charge is 0.354 e. The van der Waals surface area contributed by atoms with E-state index in [1.165, 1.54) is 5.56 Å². The zero-order valence-corrected chi connectivity index (χ0v) is 18.6. The highest BCUT2D eigenvalue weighted by atomic mass is 35.5. The van der Waals surface area contributed by atoms with Crippen LogP contribution in [0.25, 0.3) is 0 Å². The molecule has 0 heterocycles. The number of benzene rings is 2. The Morgan fingerprint density at radius 3 is 1.89 bits per heavy atom. The molecule has 2 aromatic rings. The van der Waals surface area contributed by atoms with Gasteiger partial charge in [-0.3, -0.25) is 4.79 Å². The third-order valence-electron chi connectivity index (χ3n) is 4.75. The molecule has 28 heavy (non-hydrogen) atoms. The van der Waals surface area contributed by atoms with Gasteiger partial charge in [-0.05, 0) is 31.9 Å². The van der Waals surface area contributed by atoms with Crippen molar-refractivity contribution < 1.29 is 4.79 Å². The van der Waals surface area contributed by atoms with Crippen molar-refractivity contribution in [2.24, 2.45) is 11.7 Å². The van der Waals surface area contributed by atoms with Crippen molar-refractivity contribution in [3.8, 4) is 0 Å². The fraction of sp³-hybridized carbons (Fsp3) is 0.409. The second-order valence-electron chi connectivity index (χ2n) is 7.60. The summed E-state index contributed by atoms with van der Waals surface area (Å²) in [6.07, 6.45) is 0. The first-order valence-electron chi connectivity index (χ1n) is 9.21. The lowest BCUT2D eigenvalue weighted by Gasteiger charge is -2.31. The molecule has 0 bridgehead atoms. The van der Waals surface area contributed by atoms with Crippen LogP contribution in [0.4, 0.5) is 0 Å². The fourth-order valence-corrected chi connectivity index (χ4v) is 3.06. The molecule has 0 radical (unpaired) electrons. The third kappa shape index (κ3) is 7.80. The van der Waals surface area contributed by atoms with Gasteiger partial charge >= 0.3 is 0 Å². The van der Waals surface area contributed by atoms with Crippen LogP contribution in [0.3, 0.4) is 0 Å². The Bertz CT molecular complexity index is 695. The van der Waals surface area contributed by atoms with Gasteiger partial charge in [0.1, 0.15) is 0 Å². The quantitative estimate of drug-likeness (QED) is 0.586. The average Bonchev–Trinajstić information content (AvgIpc) is 2.66. The van der Waals surface area contributed by atoms with Gasteiger partial charge in [0.25, 0.3) is 0 Å². The smallest absolute Gasteiger partial charge is 0.224 e. The molecule has 0 aliphatic heterocycles. The van der Waals surface area contributed by atoms with Crippen molar-refractivity contribution >= 4 is 30.7 Å². The minimum atomic E-state index is -0.310. The summed E-state index contributed by atoms with van der Waals surface area (Å²) in [4.78, 5) is 12.5. The van der Waals surface area contributed by atoms with E-state index in [2.05, 4.69) is 43.5 Å². The number of hydrogen-bond acceptors (Lipinski definition) is 3. The Labute approximate surface area is 181 Å². The minimum Gasteiger partial charge on any atom is -0.354 e. The third-order valence-corrected chi connectivity index (χ3v) is 4.75. The molecule has 3 unspecified atom stereocenters. The lowest BCUT2D eigenvalue weighted by Crippen LogP contribution is -2.51. The van der Waals surface area contributed by atoms with E-state index in [-0.39, 0.29) is 54.3 Å². The average molecular weight is 426 g/mol. The molecule has 0 aromatic heterocycles. The van der Waals surface area contributed by atoms with Crippen molar-refractivity contribution in [2.45, 2.75) is 45.3 Å². The van der Waals surface area contributed by atoms with Crippen LogP contribution in [-0.4, -0.2) is 18.0 Å². The molecule has 3 atom stereocenters. The topological polar surface area (TPSA) is 67.1 Å². The predicted molar refractivity (Wildman–Crippen MR) is 122 cm³/mol. The van der Waals surface area contributed by atoms with Gasteiger partial charge in [-0.15, -0.1) is 24.8 Å². The van der Waals surface area contributed by atoms with Gasteiger partial charge in [-0.25, -0.2) is 0 Å². The summed E-state index contributed by atoms with van der Waals surface area (Å²) in [6.45, 7) is 8.73. The highest BCUT2D eigenvalue weighted by molar-refractivity contribution is 5.85. The number of nitrogens with one attached hydrogen (secondary N) is 2. The number of carbonyl (C=O) groups is 1.